The van der Waals surface area contributed by atoms with Crippen LogP contribution in [0, 0.1) is 12.8 Å². The van der Waals surface area contributed by atoms with Gasteiger partial charge in [-0.25, -0.2) is 13.8 Å². The number of hydrogen-bond acceptors (Lipinski definition) is 2. The van der Waals surface area contributed by atoms with Crippen LogP contribution in [0.5, 0.6) is 0 Å². The van der Waals surface area contributed by atoms with Crippen LogP contribution in [-0.2, 0) is 4.74 Å². The van der Waals surface area contributed by atoms with Crippen LogP contribution in [0.1, 0.15) is 49.3 Å². The number of alkyl halides is 2. The monoisotopic (exact) mass is 346 g/mol. The van der Waals surface area contributed by atoms with Gasteiger partial charge in [0.1, 0.15) is 0 Å². The summed E-state index contributed by atoms with van der Waals surface area (Å²) in [7, 11) is 1.71. The molecule has 25 heavy (non-hydrogen) atoms. The number of rotatable bonds is 4. The van der Waals surface area contributed by atoms with E-state index in [1.807, 2.05) is 12.5 Å². The van der Waals surface area contributed by atoms with Crippen LogP contribution in [-0.4, -0.2) is 28.7 Å². The average Bonchev–Trinajstić information content (AvgIpc) is 3.16. The Hall–Kier alpha value is -1.75. The molecule has 1 saturated carbocycles. The third-order valence-corrected chi connectivity index (χ3v) is 5.98. The molecule has 2 aliphatic rings. The number of aromatic nitrogens is 2. The van der Waals surface area contributed by atoms with Crippen molar-refractivity contribution in [3.63, 3.8) is 0 Å². The van der Waals surface area contributed by atoms with E-state index in [1.165, 1.54) is 16.7 Å². The average molecular weight is 346 g/mol. The minimum Gasteiger partial charge on any atom is -0.381 e. The molecule has 4 rings (SSSR count). The van der Waals surface area contributed by atoms with Crippen LogP contribution in [0.3, 0.4) is 0 Å². The maximum absolute atomic E-state index is 13.5. The van der Waals surface area contributed by atoms with Crippen LogP contribution in [0.15, 0.2) is 30.7 Å². The number of halogens is 2. The predicted molar refractivity (Wildman–Crippen MR) is 92.9 cm³/mol. The fourth-order valence-electron chi connectivity index (χ4n) is 4.61. The zero-order valence-electron chi connectivity index (χ0n) is 14.7. The van der Waals surface area contributed by atoms with E-state index in [9.17, 15) is 8.78 Å². The number of aryl methyl sites for hydroxylation is 1. The van der Waals surface area contributed by atoms with Gasteiger partial charge in [0.25, 0.3) is 0 Å². The third-order valence-electron chi connectivity index (χ3n) is 5.98. The minimum atomic E-state index is -2.50. The standard InChI is InChI=1S/C20H24F2N2O/c1-13-4-3-5-15-17-11-23-12-24(17)16(19(13)15)10-18(25-2)14-6-8-20(21,22)9-7-14/h3-5,11-12,14,16,18H,6-10H2,1-2H3. The van der Waals surface area contributed by atoms with Gasteiger partial charge < -0.3 is 9.30 Å². The number of imidazole rings is 1. The molecule has 1 aromatic heterocycles. The zero-order chi connectivity index (χ0) is 17.6. The Labute approximate surface area is 147 Å². The van der Waals surface area contributed by atoms with Gasteiger partial charge in [-0.2, -0.15) is 0 Å². The Balaban J connectivity index is 1.60. The molecule has 0 spiro atoms. The molecule has 5 heteroatoms. The lowest BCUT2D eigenvalue weighted by Gasteiger charge is -2.34. The molecule has 2 unspecified atom stereocenters. The summed E-state index contributed by atoms with van der Waals surface area (Å²) in [6.45, 7) is 2.13. The maximum Gasteiger partial charge on any atom is 0.248 e. The van der Waals surface area contributed by atoms with Crippen molar-refractivity contribution in [2.45, 2.75) is 57.1 Å². The molecule has 2 aromatic rings. The summed E-state index contributed by atoms with van der Waals surface area (Å²) in [5.74, 6) is -2.30. The van der Waals surface area contributed by atoms with E-state index in [4.69, 9.17) is 4.74 Å². The van der Waals surface area contributed by atoms with Crippen molar-refractivity contribution in [1.82, 2.24) is 9.55 Å². The number of methoxy groups -OCH3 is 1. The summed E-state index contributed by atoms with van der Waals surface area (Å²) in [4.78, 5) is 4.31. The number of fused-ring (bicyclic) bond motifs is 3. The molecule has 1 aliphatic heterocycles. The topological polar surface area (TPSA) is 27.1 Å². The lowest BCUT2D eigenvalue weighted by Crippen LogP contribution is -2.33. The Morgan fingerprint density at radius 1 is 1.32 bits per heavy atom. The van der Waals surface area contributed by atoms with Crippen molar-refractivity contribution in [3.05, 3.63) is 41.9 Å². The second-order valence-electron chi connectivity index (χ2n) is 7.44. The van der Waals surface area contributed by atoms with Gasteiger partial charge in [0.2, 0.25) is 5.92 Å². The highest BCUT2D eigenvalue weighted by atomic mass is 19.3. The van der Waals surface area contributed by atoms with Crippen LogP contribution in [0.4, 0.5) is 8.78 Å². The Kier molecular flexibility index (Phi) is 4.14. The van der Waals surface area contributed by atoms with Crippen LogP contribution < -0.4 is 0 Å². The normalized spacial score (nSPS) is 23.3. The van der Waals surface area contributed by atoms with Gasteiger partial charge >= 0.3 is 0 Å². The summed E-state index contributed by atoms with van der Waals surface area (Å²) < 4.78 is 35.0. The third kappa shape index (κ3) is 2.88. The predicted octanol–water partition coefficient (Wildman–Crippen LogP) is 4.99. The summed E-state index contributed by atoms with van der Waals surface area (Å²) in [6, 6.07) is 6.51. The summed E-state index contributed by atoms with van der Waals surface area (Å²) >= 11 is 0. The van der Waals surface area contributed by atoms with Gasteiger partial charge in [0, 0.05) is 25.5 Å². The fraction of sp³-hybridized carbons (Fsp3) is 0.550. The Morgan fingerprint density at radius 3 is 2.80 bits per heavy atom. The second-order valence-corrected chi connectivity index (χ2v) is 7.44. The smallest absolute Gasteiger partial charge is 0.248 e. The van der Waals surface area contributed by atoms with Crippen molar-refractivity contribution in [1.29, 1.82) is 0 Å². The van der Waals surface area contributed by atoms with Crippen molar-refractivity contribution in [3.8, 4) is 11.3 Å². The van der Waals surface area contributed by atoms with Crippen LogP contribution >= 0.6 is 0 Å². The molecule has 1 aliphatic carbocycles. The molecule has 2 atom stereocenters. The van der Waals surface area contributed by atoms with E-state index in [-0.39, 0.29) is 30.9 Å². The van der Waals surface area contributed by atoms with Gasteiger partial charge in [-0.05, 0) is 43.2 Å². The van der Waals surface area contributed by atoms with E-state index in [0.717, 1.165) is 12.1 Å². The van der Waals surface area contributed by atoms with Gasteiger partial charge in [0.15, 0.2) is 0 Å². The number of benzene rings is 1. The first-order valence-corrected chi connectivity index (χ1v) is 9.02. The van der Waals surface area contributed by atoms with E-state index < -0.39 is 5.92 Å². The Morgan fingerprint density at radius 2 is 2.08 bits per heavy atom. The molecule has 3 nitrogen and oxygen atoms in total. The van der Waals surface area contributed by atoms with E-state index >= 15 is 0 Å². The molecule has 0 saturated heterocycles. The molecule has 0 amide bonds. The molecule has 1 fully saturated rings. The van der Waals surface area contributed by atoms with Gasteiger partial charge in [-0.3, -0.25) is 0 Å². The molecule has 1 aromatic carbocycles. The van der Waals surface area contributed by atoms with Gasteiger partial charge in [0.05, 0.1) is 30.4 Å². The molecular weight excluding hydrogens is 322 g/mol. The first-order chi connectivity index (χ1) is 12.0. The van der Waals surface area contributed by atoms with Crippen LogP contribution in [0.25, 0.3) is 11.3 Å². The Bertz CT molecular complexity index is 761. The van der Waals surface area contributed by atoms with Crippen LogP contribution in [0.2, 0.25) is 0 Å². The molecule has 0 N–H and O–H groups in total. The van der Waals surface area contributed by atoms with Crippen molar-refractivity contribution >= 4 is 0 Å². The highest BCUT2D eigenvalue weighted by molar-refractivity contribution is 5.70. The quantitative estimate of drug-likeness (QED) is 0.780. The summed E-state index contributed by atoms with van der Waals surface area (Å²) in [6.07, 6.45) is 5.60. The minimum absolute atomic E-state index is 0.0121. The van der Waals surface area contributed by atoms with Gasteiger partial charge in [-0.1, -0.05) is 18.2 Å². The number of nitrogens with zero attached hydrogens (tertiary/aromatic N) is 2. The van der Waals surface area contributed by atoms with Crippen molar-refractivity contribution in [2.75, 3.05) is 7.11 Å². The first-order valence-electron chi connectivity index (χ1n) is 9.02. The molecule has 2 heterocycles. The highest BCUT2D eigenvalue weighted by Crippen LogP contribution is 2.45. The fourth-order valence-corrected chi connectivity index (χ4v) is 4.61. The number of ether oxygens (including phenoxy) is 1. The maximum atomic E-state index is 13.5. The van der Waals surface area contributed by atoms with Crippen molar-refractivity contribution < 1.29 is 13.5 Å². The number of hydrogen-bond donors (Lipinski definition) is 0. The SMILES string of the molecule is COC(CC1c2c(C)cccc2-c2cncn21)C1CCC(F)(F)CC1. The molecule has 134 valence electrons. The van der Waals surface area contributed by atoms with E-state index in [1.54, 1.807) is 7.11 Å². The lowest BCUT2D eigenvalue weighted by molar-refractivity contribution is -0.0705. The lowest BCUT2D eigenvalue weighted by atomic mass is 9.80. The van der Waals surface area contributed by atoms with Crippen molar-refractivity contribution in [2.24, 2.45) is 5.92 Å². The second kappa shape index (κ2) is 6.20. The first kappa shape index (κ1) is 16.7. The summed E-state index contributed by atoms with van der Waals surface area (Å²) in [5.41, 5.74) is 4.94. The summed E-state index contributed by atoms with van der Waals surface area (Å²) in [5, 5.41) is 0. The molecule has 0 radical (unpaired) electrons. The van der Waals surface area contributed by atoms with E-state index in [2.05, 4.69) is 34.7 Å². The zero-order valence-corrected chi connectivity index (χ0v) is 14.7. The van der Waals surface area contributed by atoms with E-state index in [0.29, 0.717) is 12.8 Å². The molecule has 0 bridgehead atoms. The van der Waals surface area contributed by atoms with Gasteiger partial charge in [-0.15, -0.1) is 0 Å². The molecular formula is C20H24F2N2O. The largest absolute Gasteiger partial charge is 0.381 e. The highest BCUT2D eigenvalue weighted by Gasteiger charge is 2.40.